The number of alkyl halides is 4. The fourth-order valence-corrected chi connectivity index (χ4v) is 2.38. The lowest BCUT2D eigenvalue weighted by atomic mass is 10.1. The summed E-state index contributed by atoms with van der Waals surface area (Å²) >= 11 is 0. The van der Waals surface area contributed by atoms with E-state index in [4.69, 9.17) is 0 Å². The number of ether oxygens (including phenoxy) is 2. The molecule has 0 spiro atoms. The van der Waals surface area contributed by atoms with Crippen LogP contribution in [0, 0.1) is 0 Å². The number of halogens is 4. The van der Waals surface area contributed by atoms with Gasteiger partial charge in [0, 0.05) is 30.1 Å². The Morgan fingerprint density at radius 3 is 2.53 bits per heavy atom. The zero-order valence-corrected chi connectivity index (χ0v) is 15.1. The van der Waals surface area contributed by atoms with Crippen LogP contribution in [0.5, 0.6) is 11.5 Å². The molecule has 0 aliphatic rings. The van der Waals surface area contributed by atoms with Crippen molar-refractivity contribution in [3.05, 3.63) is 66.6 Å². The minimum Gasteiger partial charge on any atom is -0.435 e. The molecule has 1 N–H and O–H groups in total. The van der Waals surface area contributed by atoms with E-state index in [0.29, 0.717) is 11.5 Å². The summed E-state index contributed by atoms with van der Waals surface area (Å²) in [6, 6.07) is 8.22. The first-order chi connectivity index (χ1) is 14.4. The zero-order chi connectivity index (χ0) is 21.5. The molecule has 0 bridgehead atoms. The van der Waals surface area contributed by atoms with Crippen LogP contribution >= 0.6 is 0 Å². The second-order valence-electron chi connectivity index (χ2n) is 5.63. The van der Waals surface area contributed by atoms with Gasteiger partial charge in [0.05, 0.1) is 11.9 Å². The molecule has 1 aromatic carbocycles. The van der Waals surface area contributed by atoms with Gasteiger partial charge in [-0.05, 0) is 36.4 Å². The smallest absolute Gasteiger partial charge is 0.387 e. The van der Waals surface area contributed by atoms with E-state index in [0.717, 1.165) is 18.2 Å². The minimum absolute atomic E-state index is 0.0687. The van der Waals surface area contributed by atoms with E-state index < -0.39 is 24.9 Å². The maximum absolute atomic E-state index is 12.6. The fourth-order valence-electron chi connectivity index (χ4n) is 2.38. The molecule has 0 radical (unpaired) electrons. The van der Waals surface area contributed by atoms with Crippen molar-refractivity contribution in [2.24, 2.45) is 0 Å². The maximum atomic E-state index is 12.6. The number of benzene rings is 1. The monoisotopic (exact) mass is 422 g/mol. The van der Waals surface area contributed by atoms with Crippen molar-refractivity contribution in [3.8, 4) is 17.3 Å². The number of rotatable bonds is 8. The molecule has 3 aromatic rings. The van der Waals surface area contributed by atoms with Gasteiger partial charge in [-0.3, -0.25) is 4.79 Å². The molecule has 0 saturated heterocycles. The van der Waals surface area contributed by atoms with Crippen LogP contribution in [0.25, 0.3) is 11.9 Å². The molecular weight excluding hydrogens is 408 g/mol. The van der Waals surface area contributed by atoms with Gasteiger partial charge in [0.2, 0.25) is 5.91 Å². The number of anilines is 1. The molecule has 0 fully saturated rings. The largest absolute Gasteiger partial charge is 0.435 e. The molecule has 7 nitrogen and oxygen atoms in total. The summed E-state index contributed by atoms with van der Waals surface area (Å²) in [5, 5.41) is 6.58. The number of aromatic nitrogens is 3. The SMILES string of the molecule is O=C(/C=C/c1ccc(OC(F)F)cc1OC(F)F)Nc1ccc(-n2cccn2)nc1. The topological polar surface area (TPSA) is 78.3 Å². The molecule has 0 aliphatic heterocycles. The van der Waals surface area contributed by atoms with Crippen molar-refractivity contribution in [1.82, 2.24) is 14.8 Å². The standard InChI is InChI=1S/C19H14F4N4O3/c20-18(21)29-14-5-2-12(15(10-14)30-19(22)23)3-7-17(28)26-13-4-6-16(24-11-13)27-9-1-8-25-27/h1-11,18-19H,(H,26,28)/b7-3+. The first-order valence-corrected chi connectivity index (χ1v) is 8.39. The summed E-state index contributed by atoms with van der Waals surface area (Å²) in [4.78, 5) is 16.2. The van der Waals surface area contributed by atoms with Crippen LogP contribution < -0.4 is 14.8 Å². The van der Waals surface area contributed by atoms with E-state index in [1.807, 2.05) is 0 Å². The Morgan fingerprint density at radius 1 is 1.10 bits per heavy atom. The van der Waals surface area contributed by atoms with Crippen LogP contribution in [-0.2, 0) is 4.79 Å². The van der Waals surface area contributed by atoms with E-state index in [2.05, 4.69) is 24.9 Å². The van der Waals surface area contributed by atoms with Gasteiger partial charge in [-0.25, -0.2) is 9.67 Å². The molecule has 0 aliphatic carbocycles. The number of carbonyl (C=O) groups is 1. The van der Waals surface area contributed by atoms with Crippen LogP contribution in [0.15, 0.2) is 61.1 Å². The zero-order valence-electron chi connectivity index (χ0n) is 15.1. The first kappa shape index (κ1) is 20.8. The molecule has 1 amide bonds. The Morgan fingerprint density at radius 2 is 1.90 bits per heavy atom. The second kappa shape index (κ2) is 9.54. The summed E-state index contributed by atoms with van der Waals surface area (Å²) in [5.41, 5.74) is 0.463. The lowest BCUT2D eigenvalue weighted by Gasteiger charge is -2.11. The van der Waals surface area contributed by atoms with E-state index in [9.17, 15) is 22.4 Å². The van der Waals surface area contributed by atoms with Crippen LogP contribution in [0.4, 0.5) is 23.2 Å². The molecule has 2 aromatic heterocycles. The van der Waals surface area contributed by atoms with E-state index in [-0.39, 0.29) is 11.3 Å². The Balaban J connectivity index is 1.68. The van der Waals surface area contributed by atoms with E-state index in [1.165, 1.54) is 23.0 Å². The van der Waals surface area contributed by atoms with Gasteiger partial charge in [0.25, 0.3) is 0 Å². The maximum Gasteiger partial charge on any atom is 0.387 e. The number of hydrogen-bond acceptors (Lipinski definition) is 5. The molecule has 2 heterocycles. The van der Waals surface area contributed by atoms with Gasteiger partial charge in [-0.15, -0.1) is 0 Å². The van der Waals surface area contributed by atoms with Crippen molar-refractivity contribution in [2.75, 3.05) is 5.32 Å². The number of pyridine rings is 1. The number of nitrogens with zero attached hydrogens (tertiary/aromatic N) is 3. The fraction of sp³-hybridized carbons (Fsp3) is 0.105. The Kier molecular flexibility index (Phi) is 6.63. The van der Waals surface area contributed by atoms with Crippen molar-refractivity contribution in [3.63, 3.8) is 0 Å². The van der Waals surface area contributed by atoms with Crippen LogP contribution in [0.1, 0.15) is 5.56 Å². The quantitative estimate of drug-likeness (QED) is 0.437. The molecule has 0 unspecified atom stereocenters. The van der Waals surface area contributed by atoms with Crippen molar-refractivity contribution < 1.29 is 31.8 Å². The van der Waals surface area contributed by atoms with Gasteiger partial charge in [-0.2, -0.15) is 22.7 Å². The highest BCUT2D eigenvalue weighted by molar-refractivity contribution is 6.02. The number of carbonyl (C=O) groups excluding carboxylic acids is 1. The van der Waals surface area contributed by atoms with Crippen molar-refractivity contribution in [2.45, 2.75) is 13.2 Å². The third-order valence-electron chi connectivity index (χ3n) is 3.60. The van der Waals surface area contributed by atoms with Gasteiger partial charge in [0.1, 0.15) is 11.5 Å². The molecule has 0 saturated carbocycles. The third kappa shape index (κ3) is 5.80. The molecular formula is C19H14F4N4O3. The number of nitrogens with one attached hydrogen (secondary N) is 1. The summed E-state index contributed by atoms with van der Waals surface area (Å²) in [5.74, 6) is -0.795. The highest BCUT2D eigenvalue weighted by atomic mass is 19.3. The normalized spacial score (nSPS) is 11.3. The minimum atomic E-state index is -3.19. The molecule has 30 heavy (non-hydrogen) atoms. The number of amides is 1. The average molecular weight is 422 g/mol. The van der Waals surface area contributed by atoms with Gasteiger partial charge >= 0.3 is 13.2 Å². The first-order valence-electron chi connectivity index (χ1n) is 8.39. The van der Waals surface area contributed by atoms with Crippen molar-refractivity contribution >= 4 is 17.7 Å². The van der Waals surface area contributed by atoms with Gasteiger partial charge in [-0.1, -0.05) is 0 Å². The highest BCUT2D eigenvalue weighted by Crippen LogP contribution is 2.28. The Labute approximate surface area is 167 Å². The van der Waals surface area contributed by atoms with Crippen molar-refractivity contribution in [1.29, 1.82) is 0 Å². The molecule has 156 valence electrons. The molecule has 11 heteroatoms. The predicted octanol–water partition coefficient (Wildman–Crippen LogP) is 4.12. The van der Waals surface area contributed by atoms with Crippen LogP contribution in [-0.4, -0.2) is 33.9 Å². The van der Waals surface area contributed by atoms with Gasteiger partial charge < -0.3 is 14.8 Å². The Hall–Kier alpha value is -3.89. The molecule has 0 atom stereocenters. The average Bonchev–Trinajstić information content (AvgIpc) is 3.22. The van der Waals surface area contributed by atoms with Crippen LogP contribution in [0.2, 0.25) is 0 Å². The third-order valence-corrected chi connectivity index (χ3v) is 3.60. The lowest BCUT2D eigenvalue weighted by Crippen LogP contribution is -2.09. The summed E-state index contributed by atoms with van der Waals surface area (Å²) in [6.45, 7) is -6.31. The highest BCUT2D eigenvalue weighted by Gasteiger charge is 2.12. The van der Waals surface area contributed by atoms with Gasteiger partial charge in [0.15, 0.2) is 5.82 Å². The van der Waals surface area contributed by atoms with E-state index >= 15 is 0 Å². The predicted molar refractivity (Wildman–Crippen MR) is 98.7 cm³/mol. The summed E-state index contributed by atoms with van der Waals surface area (Å²) in [7, 11) is 0. The van der Waals surface area contributed by atoms with E-state index in [1.54, 1.807) is 30.6 Å². The Bertz CT molecular complexity index is 1010. The molecule has 3 rings (SSSR count). The summed E-state index contributed by atoms with van der Waals surface area (Å²) in [6.07, 6.45) is 7.00. The number of hydrogen-bond donors (Lipinski definition) is 1. The lowest BCUT2D eigenvalue weighted by molar-refractivity contribution is -0.111. The van der Waals surface area contributed by atoms with Crippen LogP contribution in [0.3, 0.4) is 0 Å². The summed E-state index contributed by atoms with van der Waals surface area (Å²) < 4.78 is 59.8. The second-order valence-corrected chi connectivity index (χ2v) is 5.63.